The number of carbonyl (C=O) groups excluding carboxylic acids is 2. The van der Waals surface area contributed by atoms with Crippen molar-refractivity contribution < 1.29 is 14.3 Å². The molecule has 0 radical (unpaired) electrons. The molecule has 3 rings (SSSR count). The summed E-state index contributed by atoms with van der Waals surface area (Å²) in [5, 5.41) is 2.73. The van der Waals surface area contributed by atoms with Gasteiger partial charge in [0, 0.05) is 25.4 Å². The average Bonchev–Trinajstić information content (AvgIpc) is 3.01. The number of amides is 2. The summed E-state index contributed by atoms with van der Waals surface area (Å²) in [7, 11) is 0. The molecule has 2 amide bonds. The smallest absolute Gasteiger partial charge is 0.316 e. The number of carbonyl (C=O) groups is 2. The van der Waals surface area contributed by atoms with E-state index in [4.69, 9.17) is 4.74 Å². The van der Waals surface area contributed by atoms with Gasteiger partial charge in [0.15, 0.2) is 0 Å². The van der Waals surface area contributed by atoms with Crippen molar-refractivity contribution in [1.82, 2.24) is 20.2 Å². The molecule has 0 spiro atoms. The summed E-state index contributed by atoms with van der Waals surface area (Å²) in [5.41, 5.74) is 1.06. The standard InChI is InChI=1S/C16H22N4O3/c1-2-11-8-17-16(18-9-11)23-12-4-3-7-20(10-12)15(22)13-5-6-14(21)19-13/h8-9,12-13H,2-7,10H2,1H3,(H,19,21). The summed E-state index contributed by atoms with van der Waals surface area (Å²) in [5.74, 6) is -0.0519. The van der Waals surface area contributed by atoms with Crippen LogP contribution in [-0.4, -0.2) is 51.9 Å². The predicted molar refractivity (Wildman–Crippen MR) is 82.8 cm³/mol. The molecule has 2 aliphatic heterocycles. The zero-order valence-corrected chi connectivity index (χ0v) is 13.3. The van der Waals surface area contributed by atoms with Crippen LogP contribution in [0.1, 0.15) is 38.2 Å². The highest BCUT2D eigenvalue weighted by Crippen LogP contribution is 2.18. The molecular weight excluding hydrogens is 296 g/mol. The molecule has 0 aliphatic carbocycles. The second kappa shape index (κ2) is 6.93. The van der Waals surface area contributed by atoms with Gasteiger partial charge in [0.05, 0.1) is 6.54 Å². The van der Waals surface area contributed by atoms with Crippen molar-refractivity contribution in [1.29, 1.82) is 0 Å². The third-order valence-corrected chi connectivity index (χ3v) is 4.35. The van der Waals surface area contributed by atoms with Gasteiger partial charge in [-0.3, -0.25) is 9.59 Å². The minimum Gasteiger partial charge on any atom is -0.458 e. The van der Waals surface area contributed by atoms with Crippen molar-refractivity contribution in [3.8, 4) is 6.01 Å². The molecule has 0 aromatic carbocycles. The average molecular weight is 318 g/mol. The van der Waals surface area contributed by atoms with Crippen LogP contribution < -0.4 is 10.1 Å². The van der Waals surface area contributed by atoms with Crippen molar-refractivity contribution >= 4 is 11.8 Å². The number of nitrogens with zero attached hydrogens (tertiary/aromatic N) is 3. The molecule has 2 fully saturated rings. The summed E-state index contributed by atoms with van der Waals surface area (Å²) in [6, 6.07) is -0.0167. The third kappa shape index (κ3) is 3.78. The number of hydrogen-bond acceptors (Lipinski definition) is 5. The first-order chi connectivity index (χ1) is 11.2. The Balaban J connectivity index is 1.57. The molecule has 1 aromatic heterocycles. The van der Waals surface area contributed by atoms with Crippen LogP contribution in [0.2, 0.25) is 0 Å². The number of aromatic nitrogens is 2. The number of rotatable bonds is 4. The SMILES string of the molecule is CCc1cnc(OC2CCCN(C(=O)C3CCC(=O)N3)C2)nc1. The Labute approximate surface area is 135 Å². The minimum atomic E-state index is -0.374. The summed E-state index contributed by atoms with van der Waals surface area (Å²) < 4.78 is 5.82. The molecule has 7 nitrogen and oxygen atoms in total. The Hall–Kier alpha value is -2.18. The molecule has 1 aromatic rings. The lowest BCUT2D eigenvalue weighted by Crippen LogP contribution is -2.50. The number of likely N-dealkylation sites (tertiary alicyclic amines) is 1. The molecule has 2 atom stereocenters. The number of nitrogens with one attached hydrogen (secondary N) is 1. The van der Waals surface area contributed by atoms with Crippen LogP contribution in [0.15, 0.2) is 12.4 Å². The zero-order chi connectivity index (χ0) is 16.2. The lowest BCUT2D eigenvalue weighted by Gasteiger charge is -2.33. The van der Waals surface area contributed by atoms with Crippen LogP contribution in [0.5, 0.6) is 6.01 Å². The van der Waals surface area contributed by atoms with Crippen molar-refractivity contribution in [2.24, 2.45) is 0 Å². The van der Waals surface area contributed by atoms with Crippen molar-refractivity contribution in [2.75, 3.05) is 13.1 Å². The first-order valence-corrected chi connectivity index (χ1v) is 8.21. The Bertz CT molecular complexity index is 575. The second-order valence-corrected chi connectivity index (χ2v) is 6.05. The van der Waals surface area contributed by atoms with Crippen LogP contribution in [0.4, 0.5) is 0 Å². The van der Waals surface area contributed by atoms with E-state index < -0.39 is 0 Å². The Morgan fingerprint density at radius 3 is 2.83 bits per heavy atom. The third-order valence-electron chi connectivity index (χ3n) is 4.35. The highest BCUT2D eigenvalue weighted by Gasteiger charge is 2.33. The van der Waals surface area contributed by atoms with Gasteiger partial charge in [-0.15, -0.1) is 0 Å². The maximum absolute atomic E-state index is 12.5. The fourth-order valence-corrected chi connectivity index (χ4v) is 2.99. The van der Waals surface area contributed by atoms with Crippen molar-refractivity contribution in [3.05, 3.63) is 18.0 Å². The molecule has 3 heterocycles. The van der Waals surface area contributed by atoms with E-state index in [1.807, 2.05) is 6.92 Å². The second-order valence-electron chi connectivity index (χ2n) is 6.05. The van der Waals surface area contributed by atoms with Gasteiger partial charge < -0.3 is 15.0 Å². The fraction of sp³-hybridized carbons (Fsp3) is 0.625. The van der Waals surface area contributed by atoms with Gasteiger partial charge >= 0.3 is 6.01 Å². The molecule has 124 valence electrons. The Morgan fingerprint density at radius 2 is 2.17 bits per heavy atom. The van der Waals surface area contributed by atoms with E-state index in [0.717, 1.165) is 24.8 Å². The highest BCUT2D eigenvalue weighted by molar-refractivity contribution is 5.90. The van der Waals surface area contributed by atoms with E-state index in [0.29, 0.717) is 31.9 Å². The van der Waals surface area contributed by atoms with E-state index >= 15 is 0 Å². The van der Waals surface area contributed by atoms with Gasteiger partial charge in [0.1, 0.15) is 12.1 Å². The molecule has 7 heteroatoms. The molecular formula is C16H22N4O3. The molecule has 2 saturated heterocycles. The number of ether oxygens (including phenoxy) is 1. The number of aryl methyl sites for hydroxylation is 1. The predicted octanol–water partition coefficient (Wildman–Crippen LogP) is 0.687. The van der Waals surface area contributed by atoms with Crippen LogP contribution in [0, 0.1) is 0 Å². The molecule has 23 heavy (non-hydrogen) atoms. The Kier molecular flexibility index (Phi) is 4.73. The maximum Gasteiger partial charge on any atom is 0.316 e. The molecule has 0 bridgehead atoms. The van der Waals surface area contributed by atoms with E-state index in [1.165, 1.54) is 0 Å². The van der Waals surface area contributed by atoms with Crippen LogP contribution in [-0.2, 0) is 16.0 Å². The van der Waals surface area contributed by atoms with E-state index in [-0.39, 0.29) is 24.0 Å². The normalized spacial score (nSPS) is 24.4. The largest absolute Gasteiger partial charge is 0.458 e. The lowest BCUT2D eigenvalue weighted by atomic mass is 10.1. The van der Waals surface area contributed by atoms with Crippen LogP contribution in [0.25, 0.3) is 0 Å². The van der Waals surface area contributed by atoms with Gasteiger partial charge in [0.25, 0.3) is 0 Å². The summed E-state index contributed by atoms with van der Waals surface area (Å²) in [6.45, 7) is 3.27. The van der Waals surface area contributed by atoms with Gasteiger partial charge in [-0.05, 0) is 31.2 Å². The summed E-state index contributed by atoms with van der Waals surface area (Å²) in [6.07, 6.45) is 7.09. The summed E-state index contributed by atoms with van der Waals surface area (Å²) in [4.78, 5) is 33.9. The number of hydrogen-bond donors (Lipinski definition) is 1. The van der Waals surface area contributed by atoms with Gasteiger partial charge in [-0.25, -0.2) is 9.97 Å². The fourth-order valence-electron chi connectivity index (χ4n) is 2.99. The topological polar surface area (TPSA) is 84.4 Å². The number of piperidine rings is 1. The van der Waals surface area contributed by atoms with Crippen LogP contribution >= 0.6 is 0 Å². The first-order valence-electron chi connectivity index (χ1n) is 8.21. The van der Waals surface area contributed by atoms with Crippen molar-refractivity contribution in [3.63, 3.8) is 0 Å². The van der Waals surface area contributed by atoms with E-state index in [1.54, 1.807) is 17.3 Å². The lowest BCUT2D eigenvalue weighted by molar-refractivity contribution is -0.136. The Morgan fingerprint density at radius 1 is 1.39 bits per heavy atom. The van der Waals surface area contributed by atoms with Gasteiger partial charge in [-0.2, -0.15) is 0 Å². The maximum atomic E-state index is 12.5. The van der Waals surface area contributed by atoms with Crippen LogP contribution in [0.3, 0.4) is 0 Å². The monoisotopic (exact) mass is 318 g/mol. The van der Waals surface area contributed by atoms with E-state index in [9.17, 15) is 9.59 Å². The zero-order valence-electron chi connectivity index (χ0n) is 13.3. The molecule has 0 saturated carbocycles. The molecule has 1 N–H and O–H groups in total. The summed E-state index contributed by atoms with van der Waals surface area (Å²) >= 11 is 0. The minimum absolute atomic E-state index is 0.00796. The first kappa shape index (κ1) is 15.7. The van der Waals surface area contributed by atoms with Gasteiger partial charge in [-0.1, -0.05) is 6.92 Å². The van der Waals surface area contributed by atoms with E-state index in [2.05, 4.69) is 15.3 Å². The van der Waals surface area contributed by atoms with Gasteiger partial charge in [0.2, 0.25) is 11.8 Å². The highest BCUT2D eigenvalue weighted by atomic mass is 16.5. The quantitative estimate of drug-likeness (QED) is 0.883. The van der Waals surface area contributed by atoms with Crippen molar-refractivity contribution in [2.45, 2.75) is 51.2 Å². The molecule has 2 aliphatic rings. The molecule has 2 unspecified atom stereocenters.